The molecule has 1 aromatic carbocycles. The first-order valence-electron chi connectivity index (χ1n) is 6.42. The van der Waals surface area contributed by atoms with Crippen LogP contribution in [0.25, 0.3) is 0 Å². The van der Waals surface area contributed by atoms with E-state index in [1.54, 1.807) is 7.05 Å². The SMILES string of the molecule is CNC(C)(C)C(=O)NCC(C)(C)c1ccc(Br)cc1. The van der Waals surface area contributed by atoms with Gasteiger partial charge in [-0.2, -0.15) is 0 Å². The molecule has 19 heavy (non-hydrogen) atoms. The zero-order chi connectivity index (χ0) is 14.7. The molecule has 1 amide bonds. The Hall–Kier alpha value is -0.870. The topological polar surface area (TPSA) is 41.1 Å². The van der Waals surface area contributed by atoms with Crippen molar-refractivity contribution in [1.29, 1.82) is 0 Å². The fraction of sp³-hybridized carbons (Fsp3) is 0.533. The standard InChI is InChI=1S/C15H23BrN2O/c1-14(2,11-6-8-12(16)9-7-11)10-18-13(19)15(3,4)17-5/h6-9,17H,10H2,1-5H3,(H,18,19). The molecule has 3 nitrogen and oxygen atoms in total. The Morgan fingerprint density at radius 3 is 2.16 bits per heavy atom. The third kappa shape index (κ3) is 4.32. The maximum Gasteiger partial charge on any atom is 0.239 e. The number of hydrogen-bond acceptors (Lipinski definition) is 2. The predicted molar refractivity (Wildman–Crippen MR) is 83.3 cm³/mol. The van der Waals surface area contributed by atoms with E-state index < -0.39 is 5.54 Å². The molecule has 106 valence electrons. The fourth-order valence-electron chi connectivity index (χ4n) is 1.64. The van der Waals surface area contributed by atoms with Gasteiger partial charge in [0.2, 0.25) is 5.91 Å². The molecule has 0 aromatic heterocycles. The minimum Gasteiger partial charge on any atom is -0.354 e. The summed E-state index contributed by atoms with van der Waals surface area (Å²) in [7, 11) is 1.79. The van der Waals surface area contributed by atoms with Crippen LogP contribution < -0.4 is 10.6 Å². The number of likely N-dealkylation sites (N-methyl/N-ethyl adjacent to an activating group) is 1. The van der Waals surface area contributed by atoms with E-state index in [0.717, 1.165) is 4.47 Å². The number of amides is 1. The Bertz CT molecular complexity index is 438. The molecule has 0 saturated heterocycles. The van der Waals surface area contributed by atoms with Crippen LogP contribution >= 0.6 is 15.9 Å². The summed E-state index contributed by atoms with van der Waals surface area (Å²) in [6.07, 6.45) is 0. The molecular formula is C15H23BrN2O. The van der Waals surface area contributed by atoms with Crippen molar-refractivity contribution in [2.75, 3.05) is 13.6 Å². The normalized spacial score (nSPS) is 12.3. The molecule has 0 fully saturated rings. The van der Waals surface area contributed by atoms with Crippen LogP contribution in [-0.4, -0.2) is 25.0 Å². The lowest BCUT2D eigenvalue weighted by molar-refractivity contribution is -0.126. The lowest BCUT2D eigenvalue weighted by Crippen LogP contribution is -2.53. The highest BCUT2D eigenvalue weighted by Gasteiger charge is 2.28. The van der Waals surface area contributed by atoms with Crippen LogP contribution in [-0.2, 0) is 10.2 Å². The van der Waals surface area contributed by atoms with E-state index in [2.05, 4.69) is 52.5 Å². The van der Waals surface area contributed by atoms with Crippen molar-refractivity contribution < 1.29 is 4.79 Å². The van der Waals surface area contributed by atoms with Crippen molar-refractivity contribution in [2.45, 2.75) is 38.6 Å². The lowest BCUT2D eigenvalue weighted by atomic mass is 9.84. The molecule has 0 radical (unpaired) electrons. The average Bonchev–Trinajstić information content (AvgIpc) is 2.36. The molecule has 1 aromatic rings. The summed E-state index contributed by atoms with van der Waals surface area (Å²) >= 11 is 3.43. The second kappa shape index (κ2) is 6.06. The highest BCUT2D eigenvalue weighted by molar-refractivity contribution is 9.10. The van der Waals surface area contributed by atoms with Crippen molar-refractivity contribution in [3.05, 3.63) is 34.3 Å². The van der Waals surface area contributed by atoms with E-state index in [0.29, 0.717) is 6.54 Å². The molecule has 0 aliphatic carbocycles. The highest BCUT2D eigenvalue weighted by Crippen LogP contribution is 2.24. The van der Waals surface area contributed by atoms with E-state index in [4.69, 9.17) is 0 Å². The number of nitrogens with one attached hydrogen (secondary N) is 2. The Morgan fingerprint density at radius 1 is 1.16 bits per heavy atom. The smallest absolute Gasteiger partial charge is 0.239 e. The van der Waals surface area contributed by atoms with E-state index in [-0.39, 0.29) is 11.3 Å². The number of rotatable bonds is 5. The van der Waals surface area contributed by atoms with E-state index in [9.17, 15) is 4.79 Å². The second-order valence-corrected chi connectivity index (χ2v) is 6.86. The van der Waals surface area contributed by atoms with E-state index in [1.807, 2.05) is 26.0 Å². The van der Waals surface area contributed by atoms with Gasteiger partial charge in [0.15, 0.2) is 0 Å². The first-order valence-corrected chi connectivity index (χ1v) is 7.21. The highest BCUT2D eigenvalue weighted by atomic mass is 79.9. The molecule has 0 saturated carbocycles. The Labute approximate surface area is 124 Å². The van der Waals surface area contributed by atoms with Crippen molar-refractivity contribution >= 4 is 21.8 Å². The number of benzene rings is 1. The van der Waals surface area contributed by atoms with Crippen LogP contribution in [0.3, 0.4) is 0 Å². The van der Waals surface area contributed by atoms with Gasteiger partial charge in [0.1, 0.15) is 0 Å². The van der Waals surface area contributed by atoms with Crippen molar-refractivity contribution in [1.82, 2.24) is 10.6 Å². The number of hydrogen-bond donors (Lipinski definition) is 2. The van der Waals surface area contributed by atoms with Crippen LogP contribution in [0, 0.1) is 0 Å². The van der Waals surface area contributed by atoms with E-state index >= 15 is 0 Å². The molecule has 0 spiro atoms. The predicted octanol–water partition coefficient (Wildman–Crippen LogP) is 2.84. The molecular weight excluding hydrogens is 304 g/mol. The minimum absolute atomic E-state index is 0.0141. The monoisotopic (exact) mass is 326 g/mol. The molecule has 0 atom stereocenters. The van der Waals surface area contributed by atoms with Gasteiger partial charge in [0.25, 0.3) is 0 Å². The van der Waals surface area contributed by atoms with Gasteiger partial charge in [0.05, 0.1) is 5.54 Å². The summed E-state index contributed by atoms with van der Waals surface area (Å²) in [5, 5.41) is 6.02. The molecule has 1 rings (SSSR count). The molecule has 4 heteroatoms. The third-order valence-corrected chi connectivity index (χ3v) is 4.04. The summed E-state index contributed by atoms with van der Waals surface area (Å²) < 4.78 is 1.06. The molecule has 0 unspecified atom stereocenters. The fourth-order valence-corrected chi connectivity index (χ4v) is 1.90. The first-order chi connectivity index (χ1) is 8.69. The van der Waals surface area contributed by atoms with Crippen molar-refractivity contribution in [3.8, 4) is 0 Å². The largest absolute Gasteiger partial charge is 0.354 e. The first kappa shape index (κ1) is 16.2. The van der Waals surface area contributed by atoms with Gasteiger partial charge < -0.3 is 10.6 Å². The minimum atomic E-state index is -0.546. The van der Waals surface area contributed by atoms with Gasteiger partial charge in [0, 0.05) is 16.4 Å². The Morgan fingerprint density at radius 2 is 1.68 bits per heavy atom. The van der Waals surface area contributed by atoms with Gasteiger partial charge in [-0.3, -0.25) is 4.79 Å². The summed E-state index contributed by atoms with van der Waals surface area (Å²) in [5.74, 6) is 0.0141. The van der Waals surface area contributed by atoms with Gasteiger partial charge >= 0.3 is 0 Å². The maximum absolute atomic E-state index is 12.0. The number of carbonyl (C=O) groups excluding carboxylic acids is 1. The molecule has 2 N–H and O–H groups in total. The third-order valence-electron chi connectivity index (χ3n) is 3.51. The summed E-state index contributed by atoms with van der Waals surface area (Å²) in [6.45, 7) is 8.61. The summed E-state index contributed by atoms with van der Waals surface area (Å²) in [6, 6.07) is 8.21. The van der Waals surface area contributed by atoms with Crippen molar-refractivity contribution in [2.24, 2.45) is 0 Å². The Balaban J connectivity index is 2.70. The van der Waals surface area contributed by atoms with Crippen molar-refractivity contribution in [3.63, 3.8) is 0 Å². The summed E-state index contributed by atoms with van der Waals surface area (Å²) in [5.41, 5.74) is 0.564. The molecule has 0 bridgehead atoms. The van der Waals surface area contributed by atoms with Gasteiger partial charge in [-0.25, -0.2) is 0 Å². The van der Waals surface area contributed by atoms with Gasteiger partial charge in [-0.1, -0.05) is 41.9 Å². The quantitative estimate of drug-likeness (QED) is 0.873. The van der Waals surface area contributed by atoms with E-state index in [1.165, 1.54) is 5.56 Å². The van der Waals surface area contributed by atoms with Crippen LogP contribution in [0.15, 0.2) is 28.7 Å². The van der Waals surface area contributed by atoms with Crippen LogP contribution in [0.1, 0.15) is 33.3 Å². The zero-order valence-electron chi connectivity index (χ0n) is 12.3. The zero-order valence-corrected chi connectivity index (χ0v) is 13.9. The number of carbonyl (C=O) groups is 1. The average molecular weight is 327 g/mol. The molecule has 0 heterocycles. The molecule has 0 aliphatic rings. The Kier molecular flexibility index (Phi) is 5.16. The summed E-state index contributed by atoms with van der Waals surface area (Å²) in [4.78, 5) is 12.0. The number of halogens is 1. The maximum atomic E-state index is 12.0. The lowest BCUT2D eigenvalue weighted by Gasteiger charge is -2.29. The second-order valence-electron chi connectivity index (χ2n) is 5.95. The molecule has 0 aliphatic heterocycles. The van der Waals surface area contributed by atoms with Crippen LogP contribution in [0.4, 0.5) is 0 Å². The van der Waals surface area contributed by atoms with Gasteiger partial charge in [-0.05, 0) is 38.6 Å². The van der Waals surface area contributed by atoms with Gasteiger partial charge in [-0.15, -0.1) is 0 Å². The van der Waals surface area contributed by atoms with Crippen LogP contribution in [0.2, 0.25) is 0 Å². The van der Waals surface area contributed by atoms with Crippen LogP contribution in [0.5, 0.6) is 0 Å².